The van der Waals surface area contributed by atoms with Crippen LogP contribution in [-0.4, -0.2) is 28.8 Å². The Kier molecular flexibility index (Phi) is 4.41. The number of rotatable bonds is 5. The van der Waals surface area contributed by atoms with Crippen LogP contribution < -0.4 is 10.9 Å². The minimum Gasteiger partial charge on any atom is -0.376 e. The first-order valence-electron chi connectivity index (χ1n) is 8.79. The molecule has 1 fully saturated rings. The van der Waals surface area contributed by atoms with E-state index in [2.05, 4.69) is 11.9 Å². The number of fused-ring (bicyclic) bond motifs is 3. The summed E-state index contributed by atoms with van der Waals surface area (Å²) in [6, 6.07) is 0. The molecule has 2 aliphatic rings. The van der Waals surface area contributed by atoms with Gasteiger partial charge in [-0.25, -0.2) is 4.98 Å². The maximum Gasteiger partial charge on any atom is 0.264 e. The van der Waals surface area contributed by atoms with E-state index in [0.29, 0.717) is 19.0 Å². The molecule has 1 N–H and O–H groups in total. The van der Waals surface area contributed by atoms with Gasteiger partial charge in [-0.15, -0.1) is 17.9 Å². The summed E-state index contributed by atoms with van der Waals surface area (Å²) in [6.07, 6.45) is 8.60. The van der Waals surface area contributed by atoms with E-state index in [1.54, 1.807) is 22.0 Å². The summed E-state index contributed by atoms with van der Waals surface area (Å²) < 4.78 is 7.38. The van der Waals surface area contributed by atoms with Crippen molar-refractivity contribution in [2.45, 2.75) is 51.2 Å². The van der Waals surface area contributed by atoms with Crippen LogP contribution >= 0.6 is 11.3 Å². The monoisotopic (exact) mass is 345 g/mol. The molecule has 2 aromatic heterocycles. The van der Waals surface area contributed by atoms with E-state index in [1.807, 2.05) is 0 Å². The number of anilines is 1. The van der Waals surface area contributed by atoms with Crippen molar-refractivity contribution in [1.82, 2.24) is 9.55 Å². The summed E-state index contributed by atoms with van der Waals surface area (Å²) in [5.74, 6) is 0.640. The topological polar surface area (TPSA) is 56.1 Å². The van der Waals surface area contributed by atoms with Gasteiger partial charge in [0.25, 0.3) is 5.56 Å². The first-order chi connectivity index (χ1) is 11.8. The third-order valence-electron chi connectivity index (χ3n) is 4.90. The van der Waals surface area contributed by atoms with Crippen LogP contribution in [0.15, 0.2) is 17.4 Å². The van der Waals surface area contributed by atoms with E-state index in [4.69, 9.17) is 9.72 Å². The molecule has 1 atom stereocenters. The molecule has 0 saturated carbocycles. The van der Waals surface area contributed by atoms with Crippen LogP contribution in [0.1, 0.15) is 36.1 Å². The van der Waals surface area contributed by atoms with Crippen LogP contribution in [0.3, 0.4) is 0 Å². The van der Waals surface area contributed by atoms with Gasteiger partial charge in [0.1, 0.15) is 4.83 Å². The molecule has 1 unspecified atom stereocenters. The third kappa shape index (κ3) is 2.78. The summed E-state index contributed by atoms with van der Waals surface area (Å²) in [4.78, 5) is 20.1. The Morgan fingerprint density at radius 3 is 3.04 bits per heavy atom. The average Bonchev–Trinajstić information content (AvgIpc) is 3.22. The molecular formula is C18H23N3O2S. The molecule has 24 heavy (non-hydrogen) atoms. The van der Waals surface area contributed by atoms with Crippen molar-refractivity contribution in [2.24, 2.45) is 0 Å². The highest BCUT2D eigenvalue weighted by Crippen LogP contribution is 2.34. The lowest BCUT2D eigenvalue weighted by atomic mass is 9.97. The van der Waals surface area contributed by atoms with Gasteiger partial charge in [0.2, 0.25) is 5.95 Å². The number of thiophene rings is 1. The van der Waals surface area contributed by atoms with Gasteiger partial charge in [-0.2, -0.15) is 0 Å². The highest BCUT2D eigenvalue weighted by atomic mass is 32.1. The van der Waals surface area contributed by atoms with Crippen LogP contribution in [0, 0.1) is 0 Å². The summed E-state index contributed by atoms with van der Waals surface area (Å²) in [6.45, 7) is 5.79. The Labute approximate surface area is 145 Å². The van der Waals surface area contributed by atoms with Gasteiger partial charge >= 0.3 is 0 Å². The predicted octanol–water partition coefficient (Wildman–Crippen LogP) is 3.11. The molecule has 0 aromatic carbocycles. The number of aryl methyl sites for hydroxylation is 2. The maximum atomic E-state index is 13.1. The second kappa shape index (κ2) is 6.69. The minimum absolute atomic E-state index is 0.0640. The molecule has 5 nitrogen and oxygen atoms in total. The number of nitrogens with zero attached hydrogens (tertiary/aromatic N) is 2. The van der Waals surface area contributed by atoms with E-state index in [-0.39, 0.29) is 11.7 Å². The Morgan fingerprint density at radius 2 is 2.25 bits per heavy atom. The zero-order valence-corrected chi connectivity index (χ0v) is 14.7. The van der Waals surface area contributed by atoms with Crippen molar-refractivity contribution < 1.29 is 4.74 Å². The molecule has 0 bridgehead atoms. The molecule has 1 aliphatic heterocycles. The van der Waals surface area contributed by atoms with Crippen LogP contribution in [-0.2, 0) is 24.1 Å². The summed E-state index contributed by atoms with van der Waals surface area (Å²) in [5, 5.41) is 4.17. The van der Waals surface area contributed by atoms with Crippen LogP contribution in [0.25, 0.3) is 10.2 Å². The van der Waals surface area contributed by atoms with Crippen molar-refractivity contribution in [1.29, 1.82) is 0 Å². The van der Waals surface area contributed by atoms with Gasteiger partial charge in [0, 0.05) is 24.6 Å². The van der Waals surface area contributed by atoms with Crippen molar-refractivity contribution in [3.8, 4) is 0 Å². The van der Waals surface area contributed by atoms with Crippen LogP contribution in [0.2, 0.25) is 0 Å². The molecule has 6 heteroatoms. The average molecular weight is 345 g/mol. The lowest BCUT2D eigenvalue weighted by Gasteiger charge is -2.15. The zero-order chi connectivity index (χ0) is 16.5. The van der Waals surface area contributed by atoms with E-state index >= 15 is 0 Å². The first kappa shape index (κ1) is 15.8. The van der Waals surface area contributed by atoms with Gasteiger partial charge in [-0.1, -0.05) is 6.08 Å². The number of ether oxygens (including phenoxy) is 1. The summed E-state index contributed by atoms with van der Waals surface area (Å²) in [5.41, 5.74) is 1.30. The molecule has 3 heterocycles. The predicted molar refractivity (Wildman–Crippen MR) is 98.2 cm³/mol. The molecule has 1 aliphatic carbocycles. The number of hydrogen-bond donors (Lipinski definition) is 1. The van der Waals surface area contributed by atoms with Gasteiger partial charge in [0.05, 0.1) is 11.5 Å². The fraction of sp³-hybridized carbons (Fsp3) is 0.556. The van der Waals surface area contributed by atoms with E-state index < -0.39 is 0 Å². The first-order valence-corrected chi connectivity index (χ1v) is 9.61. The van der Waals surface area contributed by atoms with Crippen molar-refractivity contribution >= 4 is 27.5 Å². The second-order valence-electron chi connectivity index (χ2n) is 6.55. The molecule has 2 aromatic rings. The second-order valence-corrected chi connectivity index (χ2v) is 7.63. The number of aromatic nitrogens is 2. The molecule has 128 valence electrons. The lowest BCUT2D eigenvalue weighted by Crippen LogP contribution is -2.28. The summed E-state index contributed by atoms with van der Waals surface area (Å²) >= 11 is 1.69. The Hall–Kier alpha value is -1.66. The molecule has 4 rings (SSSR count). The van der Waals surface area contributed by atoms with Crippen molar-refractivity contribution in [3.05, 3.63) is 33.4 Å². The summed E-state index contributed by atoms with van der Waals surface area (Å²) in [7, 11) is 0. The van der Waals surface area contributed by atoms with Crippen LogP contribution in [0.5, 0.6) is 0 Å². The van der Waals surface area contributed by atoms with Crippen LogP contribution in [0.4, 0.5) is 5.95 Å². The highest BCUT2D eigenvalue weighted by Gasteiger charge is 2.22. The van der Waals surface area contributed by atoms with E-state index in [1.165, 1.54) is 23.3 Å². The Bertz CT molecular complexity index is 818. The SMILES string of the molecule is C=CCn1c(NCC2CCCO2)nc2sc3c(c2c1=O)CCCC3. The number of hydrogen-bond acceptors (Lipinski definition) is 5. The maximum absolute atomic E-state index is 13.1. The van der Waals surface area contributed by atoms with Crippen molar-refractivity contribution in [2.75, 3.05) is 18.5 Å². The number of allylic oxidation sites excluding steroid dienone is 1. The fourth-order valence-electron chi connectivity index (χ4n) is 3.68. The highest BCUT2D eigenvalue weighted by molar-refractivity contribution is 7.18. The molecular weight excluding hydrogens is 322 g/mol. The molecule has 0 spiro atoms. The van der Waals surface area contributed by atoms with E-state index in [9.17, 15) is 4.79 Å². The Balaban J connectivity index is 1.75. The fourth-order valence-corrected chi connectivity index (χ4v) is 4.93. The normalized spacial score (nSPS) is 20.2. The van der Waals surface area contributed by atoms with Crippen molar-refractivity contribution in [3.63, 3.8) is 0 Å². The smallest absolute Gasteiger partial charge is 0.264 e. The van der Waals surface area contributed by atoms with E-state index in [0.717, 1.165) is 42.5 Å². The van der Waals surface area contributed by atoms with Gasteiger partial charge < -0.3 is 10.1 Å². The van der Waals surface area contributed by atoms with Gasteiger partial charge in [-0.05, 0) is 44.1 Å². The quantitative estimate of drug-likeness (QED) is 0.846. The number of nitrogens with one attached hydrogen (secondary N) is 1. The largest absolute Gasteiger partial charge is 0.376 e. The molecule has 0 radical (unpaired) electrons. The zero-order valence-electron chi connectivity index (χ0n) is 13.8. The lowest BCUT2D eigenvalue weighted by molar-refractivity contribution is 0.120. The van der Waals surface area contributed by atoms with Gasteiger partial charge in [-0.3, -0.25) is 9.36 Å². The molecule has 1 saturated heterocycles. The van der Waals surface area contributed by atoms with Gasteiger partial charge in [0.15, 0.2) is 0 Å². The Morgan fingerprint density at radius 1 is 1.38 bits per heavy atom. The standard InChI is InChI=1S/C18H23N3O2S/c1-2-9-21-17(22)15-13-7-3-4-8-14(13)24-16(15)20-18(21)19-11-12-6-5-10-23-12/h2,12H,1,3-11H2,(H,19,20). The minimum atomic E-state index is 0.0640. The molecule has 0 amide bonds. The third-order valence-corrected chi connectivity index (χ3v) is 6.08.